The average molecular weight is 398 g/mol. The van der Waals surface area contributed by atoms with Crippen LogP contribution in [0.4, 0.5) is 0 Å². The topological polar surface area (TPSA) is 64.3 Å². The Morgan fingerprint density at radius 3 is 2.36 bits per heavy atom. The van der Waals surface area contributed by atoms with Crippen LogP contribution in [-0.4, -0.2) is 33.0 Å². The molecule has 2 aromatic heterocycles. The molecule has 1 amide bonds. The first kappa shape index (κ1) is 18.7. The van der Waals surface area contributed by atoms with Crippen molar-refractivity contribution in [3.63, 3.8) is 0 Å². The lowest BCUT2D eigenvalue weighted by molar-refractivity contribution is -0.131. The maximum Gasteiger partial charge on any atom is 0.336 e. The summed E-state index contributed by atoms with van der Waals surface area (Å²) in [5.74, 6) is -0.0643. The number of aromatic nitrogens is 2. The van der Waals surface area contributed by atoms with Crippen molar-refractivity contribution < 1.29 is 4.79 Å². The smallest absolute Gasteiger partial charge is 0.336 e. The molecule has 0 saturated carbocycles. The van der Waals surface area contributed by atoms with Crippen molar-refractivity contribution in [2.75, 3.05) is 13.1 Å². The van der Waals surface area contributed by atoms with E-state index in [0.29, 0.717) is 15.9 Å². The molecule has 0 aliphatic carbocycles. The molecular formula is C21H23N3O3S. The van der Waals surface area contributed by atoms with E-state index in [4.69, 9.17) is 0 Å². The number of hydrogen-bond donors (Lipinski definition) is 0. The van der Waals surface area contributed by atoms with E-state index in [0.717, 1.165) is 44.3 Å². The highest BCUT2D eigenvalue weighted by Crippen LogP contribution is 2.17. The van der Waals surface area contributed by atoms with Gasteiger partial charge in [-0.3, -0.25) is 14.2 Å². The number of fused-ring (bicyclic) bond motifs is 1. The maximum atomic E-state index is 13.2. The normalized spacial score (nSPS) is 15.0. The number of carbonyl (C=O) groups excluding carboxylic acids is 1. The molecule has 1 aliphatic heterocycles. The third kappa shape index (κ3) is 3.42. The molecular weight excluding hydrogens is 374 g/mol. The molecule has 7 heteroatoms. The third-order valence-corrected chi connectivity index (χ3v) is 6.19. The Morgan fingerprint density at radius 2 is 1.68 bits per heavy atom. The van der Waals surface area contributed by atoms with E-state index in [-0.39, 0.29) is 18.0 Å². The van der Waals surface area contributed by atoms with Crippen LogP contribution in [0.15, 0.2) is 45.3 Å². The predicted octanol–water partition coefficient (Wildman–Crippen LogP) is 2.92. The SMILES string of the molecule is Cc1ccc(-n2c(=O)c3sccc3n(CC(=O)N3CCCCCC3)c2=O)cc1. The lowest BCUT2D eigenvalue weighted by atomic mass is 10.2. The van der Waals surface area contributed by atoms with Gasteiger partial charge in [0, 0.05) is 13.1 Å². The van der Waals surface area contributed by atoms with Crippen LogP contribution in [0.3, 0.4) is 0 Å². The van der Waals surface area contributed by atoms with Crippen molar-refractivity contribution in [3.8, 4) is 5.69 Å². The average Bonchev–Trinajstić information content (AvgIpc) is 3.01. The molecule has 146 valence electrons. The van der Waals surface area contributed by atoms with Crippen molar-refractivity contribution in [2.24, 2.45) is 0 Å². The van der Waals surface area contributed by atoms with Gasteiger partial charge in [0.15, 0.2) is 0 Å². The van der Waals surface area contributed by atoms with Crippen LogP contribution in [-0.2, 0) is 11.3 Å². The Balaban J connectivity index is 1.80. The summed E-state index contributed by atoms with van der Waals surface area (Å²) in [6.07, 6.45) is 4.27. The first-order valence-corrected chi connectivity index (χ1v) is 10.5. The number of rotatable bonds is 3. The van der Waals surface area contributed by atoms with Gasteiger partial charge < -0.3 is 4.90 Å². The quantitative estimate of drug-likeness (QED) is 0.683. The molecule has 3 heterocycles. The second-order valence-electron chi connectivity index (χ2n) is 7.27. The van der Waals surface area contributed by atoms with Crippen LogP contribution in [0.1, 0.15) is 31.2 Å². The number of carbonyl (C=O) groups is 1. The summed E-state index contributed by atoms with van der Waals surface area (Å²) in [6.45, 7) is 3.38. The molecule has 0 unspecified atom stereocenters. The van der Waals surface area contributed by atoms with E-state index in [1.165, 1.54) is 20.5 Å². The van der Waals surface area contributed by atoms with Gasteiger partial charge in [0.05, 0.1) is 11.2 Å². The number of hydrogen-bond acceptors (Lipinski definition) is 4. The molecule has 4 rings (SSSR count). The van der Waals surface area contributed by atoms with Crippen LogP contribution in [0.5, 0.6) is 0 Å². The molecule has 1 fully saturated rings. The van der Waals surface area contributed by atoms with Crippen LogP contribution >= 0.6 is 11.3 Å². The molecule has 1 aliphatic rings. The van der Waals surface area contributed by atoms with Crippen LogP contribution in [0, 0.1) is 6.92 Å². The fourth-order valence-corrected chi connectivity index (χ4v) is 4.54. The van der Waals surface area contributed by atoms with Gasteiger partial charge in [-0.15, -0.1) is 11.3 Å². The highest BCUT2D eigenvalue weighted by atomic mass is 32.1. The Kier molecular flexibility index (Phi) is 5.17. The molecule has 0 bridgehead atoms. The highest BCUT2D eigenvalue weighted by molar-refractivity contribution is 7.17. The number of nitrogens with zero attached hydrogens (tertiary/aromatic N) is 3. The largest absolute Gasteiger partial charge is 0.341 e. The zero-order valence-electron chi connectivity index (χ0n) is 15.9. The van der Waals surface area contributed by atoms with E-state index in [1.54, 1.807) is 23.6 Å². The van der Waals surface area contributed by atoms with E-state index < -0.39 is 5.69 Å². The fraction of sp³-hybridized carbons (Fsp3) is 0.381. The minimum absolute atomic E-state index is 0.0434. The summed E-state index contributed by atoms with van der Waals surface area (Å²) >= 11 is 1.30. The van der Waals surface area contributed by atoms with E-state index in [2.05, 4.69) is 0 Å². The molecule has 0 N–H and O–H groups in total. The second kappa shape index (κ2) is 7.75. The molecule has 0 spiro atoms. The summed E-state index contributed by atoms with van der Waals surface area (Å²) in [4.78, 5) is 40.9. The maximum absolute atomic E-state index is 13.2. The highest BCUT2D eigenvalue weighted by Gasteiger charge is 2.21. The predicted molar refractivity (Wildman–Crippen MR) is 111 cm³/mol. The van der Waals surface area contributed by atoms with Gasteiger partial charge in [-0.2, -0.15) is 0 Å². The van der Waals surface area contributed by atoms with Gasteiger partial charge in [-0.1, -0.05) is 30.5 Å². The van der Waals surface area contributed by atoms with Crippen LogP contribution in [0.2, 0.25) is 0 Å². The Bertz CT molecular complexity index is 1120. The Labute approximate surface area is 166 Å². The summed E-state index contributed by atoms with van der Waals surface area (Å²) in [6, 6.07) is 9.01. The zero-order valence-corrected chi connectivity index (χ0v) is 16.7. The van der Waals surface area contributed by atoms with Crippen molar-refractivity contribution >= 4 is 27.5 Å². The van der Waals surface area contributed by atoms with Gasteiger partial charge in [0.25, 0.3) is 5.56 Å². The summed E-state index contributed by atoms with van der Waals surface area (Å²) < 4.78 is 3.11. The molecule has 28 heavy (non-hydrogen) atoms. The van der Waals surface area contributed by atoms with Crippen molar-refractivity contribution in [2.45, 2.75) is 39.2 Å². The number of thiophene rings is 1. The first-order valence-electron chi connectivity index (χ1n) is 9.64. The third-order valence-electron chi connectivity index (χ3n) is 5.30. The molecule has 0 atom stereocenters. The molecule has 6 nitrogen and oxygen atoms in total. The number of likely N-dealkylation sites (tertiary alicyclic amines) is 1. The summed E-state index contributed by atoms with van der Waals surface area (Å²) in [5, 5.41) is 1.79. The fourth-order valence-electron chi connectivity index (χ4n) is 3.72. The summed E-state index contributed by atoms with van der Waals surface area (Å²) in [5.41, 5.74) is 1.30. The monoisotopic (exact) mass is 397 g/mol. The number of aryl methyl sites for hydroxylation is 1. The number of amides is 1. The standard InChI is InChI=1S/C21H23N3O3S/c1-15-6-8-16(9-7-15)24-20(26)19-17(10-13-28-19)23(21(24)27)14-18(25)22-11-4-2-3-5-12-22/h6-10,13H,2-5,11-12,14H2,1H3. The first-order chi connectivity index (χ1) is 13.6. The number of benzene rings is 1. The van der Waals surface area contributed by atoms with Crippen LogP contribution < -0.4 is 11.2 Å². The molecule has 3 aromatic rings. The Hall–Kier alpha value is -2.67. The zero-order chi connectivity index (χ0) is 19.7. The van der Waals surface area contributed by atoms with Gasteiger partial charge >= 0.3 is 5.69 Å². The van der Waals surface area contributed by atoms with Crippen molar-refractivity contribution in [1.29, 1.82) is 0 Å². The van der Waals surface area contributed by atoms with Gasteiger partial charge in [0.2, 0.25) is 5.91 Å². The molecule has 1 aromatic carbocycles. The minimum Gasteiger partial charge on any atom is -0.341 e. The van der Waals surface area contributed by atoms with Crippen molar-refractivity contribution in [1.82, 2.24) is 14.0 Å². The van der Waals surface area contributed by atoms with E-state index in [1.807, 2.05) is 24.0 Å². The van der Waals surface area contributed by atoms with Gasteiger partial charge in [-0.05, 0) is 43.3 Å². The minimum atomic E-state index is -0.470. The van der Waals surface area contributed by atoms with E-state index >= 15 is 0 Å². The lowest BCUT2D eigenvalue weighted by Crippen LogP contribution is -2.42. The molecule has 1 saturated heterocycles. The second-order valence-corrected chi connectivity index (χ2v) is 8.19. The Morgan fingerprint density at radius 1 is 1.00 bits per heavy atom. The van der Waals surface area contributed by atoms with Gasteiger partial charge in [0.1, 0.15) is 11.2 Å². The van der Waals surface area contributed by atoms with E-state index in [9.17, 15) is 14.4 Å². The summed E-state index contributed by atoms with van der Waals surface area (Å²) in [7, 11) is 0. The van der Waals surface area contributed by atoms with Crippen molar-refractivity contribution in [3.05, 3.63) is 62.1 Å². The molecule has 0 radical (unpaired) electrons. The van der Waals surface area contributed by atoms with Gasteiger partial charge in [-0.25, -0.2) is 9.36 Å². The lowest BCUT2D eigenvalue weighted by Gasteiger charge is -2.21. The van der Waals surface area contributed by atoms with Crippen LogP contribution in [0.25, 0.3) is 15.9 Å².